The van der Waals surface area contributed by atoms with Crippen molar-refractivity contribution in [1.29, 1.82) is 0 Å². The Bertz CT molecular complexity index is 667. The molecule has 1 aliphatic rings. The largest absolute Gasteiger partial charge is 0.338 e. The Labute approximate surface area is 144 Å². The van der Waals surface area contributed by atoms with Crippen molar-refractivity contribution in [2.45, 2.75) is 25.7 Å². The van der Waals surface area contributed by atoms with Crippen LogP contribution < -0.4 is 5.32 Å². The van der Waals surface area contributed by atoms with Crippen LogP contribution in [0.2, 0.25) is 0 Å². The predicted molar refractivity (Wildman–Crippen MR) is 93.8 cm³/mol. The highest BCUT2D eigenvalue weighted by Crippen LogP contribution is 2.24. The van der Waals surface area contributed by atoms with E-state index in [9.17, 15) is 4.79 Å². The summed E-state index contributed by atoms with van der Waals surface area (Å²) in [5, 5.41) is 3.18. The highest BCUT2D eigenvalue weighted by Gasteiger charge is 2.18. The molecule has 1 amide bonds. The van der Waals surface area contributed by atoms with Crippen LogP contribution in [0.5, 0.6) is 0 Å². The van der Waals surface area contributed by atoms with Crippen molar-refractivity contribution in [2.75, 3.05) is 18.4 Å². The van der Waals surface area contributed by atoms with Gasteiger partial charge in [0, 0.05) is 17.6 Å². The molecule has 120 valence electrons. The number of halogens is 1. The molecular formula is C17H19BrN4O. The van der Waals surface area contributed by atoms with Gasteiger partial charge >= 0.3 is 0 Å². The Morgan fingerprint density at radius 1 is 1.04 bits per heavy atom. The third-order valence-electron chi connectivity index (χ3n) is 3.90. The number of aromatic nitrogens is 2. The Morgan fingerprint density at radius 3 is 2.43 bits per heavy atom. The van der Waals surface area contributed by atoms with Gasteiger partial charge in [0.15, 0.2) is 0 Å². The number of nitrogens with one attached hydrogen (secondary N) is 1. The number of anilines is 2. The Hall–Kier alpha value is -1.95. The lowest BCUT2D eigenvalue weighted by Gasteiger charge is -2.19. The summed E-state index contributed by atoms with van der Waals surface area (Å²) in [5.41, 5.74) is 1.32. The molecule has 5 nitrogen and oxygen atoms in total. The molecular weight excluding hydrogens is 356 g/mol. The summed E-state index contributed by atoms with van der Waals surface area (Å²) in [6.07, 6.45) is 7.69. The van der Waals surface area contributed by atoms with Crippen LogP contribution >= 0.6 is 15.9 Å². The number of benzene rings is 1. The second-order valence-corrected chi connectivity index (χ2v) is 6.45. The van der Waals surface area contributed by atoms with E-state index in [4.69, 9.17) is 0 Å². The molecule has 0 spiro atoms. The SMILES string of the molecule is O=C(c1cnc(Nc2ccccc2Br)cn1)N1CCCCCC1. The number of hydrogen-bond donors (Lipinski definition) is 1. The van der Waals surface area contributed by atoms with Gasteiger partial charge in [0.25, 0.3) is 5.91 Å². The molecule has 0 saturated carbocycles. The first-order valence-corrected chi connectivity index (χ1v) is 8.66. The monoisotopic (exact) mass is 374 g/mol. The lowest BCUT2D eigenvalue weighted by molar-refractivity contribution is 0.0755. The maximum atomic E-state index is 12.5. The average Bonchev–Trinajstić information content (AvgIpc) is 2.86. The molecule has 0 aliphatic carbocycles. The third-order valence-corrected chi connectivity index (χ3v) is 4.59. The van der Waals surface area contributed by atoms with Crippen molar-refractivity contribution >= 4 is 33.3 Å². The number of carbonyl (C=O) groups excluding carboxylic acids is 1. The van der Waals surface area contributed by atoms with E-state index in [1.807, 2.05) is 29.2 Å². The van der Waals surface area contributed by atoms with Gasteiger partial charge in [-0.15, -0.1) is 0 Å². The summed E-state index contributed by atoms with van der Waals surface area (Å²) < 4.78 is 0.950. The molecule has 1 N–H and O–H groups in total. The Morgan fingerprint density at radius 2 is 1.78 bits per heavy atom. The predicted octanol–water partition coefficient (Wildman–Crippen LogP) is 4.00. The fourth-order valence-corrected chi connectivity index (χ4v) is 3.02. The van der Waals surface area contributed by atoms with Crippen molar-refractivity contribution in [3.8, 4) is 0 Å². The number of nitrogens with zero attached hydrogens (tertiary/aromatic N) is 3. The maximum Gasteiger partial charge on any atom is 0.274 e. The van der Waals surface area contributed by atoms with Crippen molar-refractivity contribution in [3.05, 3.63) is 46.8 Å². The molecule has 0 bridgehead atoms. The van der Waals surface area contributed by atoms with E-state index in [-0.39, 0.29) is 5.91 Å². The molecule has 3 rings (SSSR count). The van der Waals surface area contributed by atoms with E-state index in [2.05, 4.69) is 31.2 Å². The summed E-state index contributed by atoms with van der Waals surface area (Å²) in [4.78, 5) is 22.9. The average molecular weight is 375 g/mol. The normalized spacial score (nSPS) is 15.1. The van der Waals surface area contributed by atoms with Crippen LogP contribution in [-0.2, 0) is 0 Å². The van der Waals surface area contributed by atoms with Crippen molar-refractivity contribution < 1.29 is 4.79 Å². The molecule has 2 aromatic rings. The van der Waals surface area contributed by atoms with E-state index in [1.54, 1.807) is 12.4 Å². The molecule has 1 aromatic carbocycles. The van der Waals surface area contributed by atoms with Gasteiger partial charge in [-0.1, -0.05) is 25.0 Å². The van der Waals surface area contributed by atoms with Crippen LogP contribution in [0, 0.1) is 0 Å². The van der Waals surface area contributed by atoms with E-state index in [0.717, 1.165) is 36.1 Å². The first-order valence-electron chi connectivity index (χ1n) is 7.87. The van der Waals surface area contributed by atoms with Crippen molar-refractivity contribution in [2.24, 2.45) is 0 Å². The number of amides is 1. The van der Waals surface area contributed by atoms with Gasteiger partial charge in [-0.05, 0) is 40.9 Å². The number of likely N-dealkylation sites (tertiary alicyclic amines) is 1. The van der Waals surface area contributed by atoms with Gasteiger partial charge in [-0.2, -0.15) is 0 Å². The molecule has 0 radical (unpaired) electrons. The first-order chi connectivity index (χ1) is 11.2. The molecule has 1 saturated heterocycles. The molecule has 1 fully saturated rings. The molecule has 0 unspecified atom stereocenters. The summed E-state index contributed by atoms with van der Waals surface area (Å²) in [7, 11) is 0. The van der Waals surface area contributed by atoms with Gasteiger partial charge < -0.3 is 10.2 Å². The second-order valence-electron chi connectivity index (χ2n) is 5.60. The summed E-state index contributed by atoms with van der Waals surface area (Å²) in [6, 6.07) is 7.79. The van der Waals surface area contributed by atoms with Crippen LogP contribution in [0.1, 0.15) is 36.2 Å². The van der Waals surface area contributed by atoms with Gasteiger partial charge in [0.1, 0.15) is 11.5 Å². The third kappa shape index (κ3) is 4.07. The molecule has 1 aliphatic heterocycles. The summed E-state index contributed by atoms with van der Waals surface area (Å²) in [6.45, 7) is 1.63. The van der Waals surface area contributed by atoms with E-state index < -0.39 is 0 Å². The van der Waals surface area contributed by atoms with Gasteiger partial charge in [0.05, 0.1) is 18.1 Å². The quantitative estimate of drug-likeness (QED) is 0.881. The minimum atomic E-state index is -0.0214. The van der Waals surface area contributed by atoms with Crippen LogP contribution in [0.15, 0.2) is 41.1 Å². The topological polar surface area (TPSA) is 58.1 Å². The lowest BCUT2D eigenvalue weighted by atomic mass is 10.2. The lowest BCUT2D eigenvalue weighted by Crippen LogP contribution is -2.32. The molecule has 23 heavy (non-hydrogen) atoms. The van der Waals surface area contributed by atoms with Crippen LogP contribution in [-0.4, -0.2) is 33.9 Å². The van der Waals surface area contributed by atoms with Crippen LogP contribution in [0.25, 0.3) is 0 Å². The molecule has 6 heteroatoms. The van der Waals surface area contributed by atoms with Gasteiger partial charge in [-0.25, -0.2) is 9.97 Å². The molecule has 1 aromatic heterocycles. The number of para-hydroxylation sites is 1. The smallest absolute Gasteiger partial charge is 0.274 e. The van der Waals surface area contributed by atoms with Crippen LogP contribution in [0.4, 0.5) is 11.5 Å². The zero-order chi connectivity index (χ0) is 16.1. The number of hydrogen-bond acceptors (Lipinski definition) is 4. The molecule has 0 atom stereocenters. The zero-order valence-electron chi connectivity index (χ0n) is 12.8. The van der Waals surface area contributed by atoms with E-state index in [1.165, 1.54) is 12.8 Å². The summed E-state index contributed by atoms with van der Waals surface area (Å²) >= 11 is 3.48. The number of rotatable bonds is 3. The van der Waals surface area contributed by atoms with Gasteiger partial charge in [-0.3, -0.25) is 4.79 Å². The van der Waals surface area contributed by atoms with Gasteiger partial charge in [0.2, 0.25) is 0 Å². The zero-order valence-corrected chi connectivity index (χ0v) is 14.4. The minimum absolute atomic E-state index is 0.0214. The minimum Gasteiger partial charge on any atom is -0.338 e. The Kier molecular flexibility index (Phi) is 5.23. The van der Waals surface area contributed by atoms with E-state index in [0.29, 0.717) is 11.5 Å². The highest BCUT2D eigenvalue weighted by molar-refractivity contribution is 9.10. The fraction of sp³-hybridized carbons (Fsp3) is 0.353. The van der Waals surface area contributed by atoms with E-state index >= 15 is 0 Å². The standard InChI is InChI=1S/C17H19BrN4O/c18-13-7-3-4-8-14(13)21-16-12-19-15(11-20-16)17(23)22-9-5-1-2-6-10-22/h3-4,7-8,11-12H,1-2,5-6,9-10H2,(H,20,21). The first kappa shape index (κ1) is 15.9. The van der Waals surface area contributed by atoms with Crippen molar-refractivity contribution in [1.82, 2.24) is 14.9 Å². The molecule has 2 heterocycles. The number of carbonyl (C=O) groups is 1. The highest BCUT2D eigenvalue weighted by atomic mass is 79.9. The maximum absolute atomic E-state index is 12.5. The van der Waals surface area contributed by atoms with Crippen molar-refractivity contribution in [3.63, 3.8) is 0 Å². The Balaban J connectivity index is 1.69. The van der Waals surface area contributed by atoms with Crippen LogP contribution in [0.3, 0.4) is 0 Å². The summed E-state index contributed by atoms with van der Waals surface area (Å²) in [5.74, 6) is 0.594. The second kappa shape index (κ2) is 7.55. The fourth-order valence-electron chi connectivity index (χ4n) is 2.64.